The third kappa shape index (κ3) is 4.35. The molecule has 1 aliphatic carbocycles. The van der Waals surface area contributed by atoms with E-state index in [-0.39, 0.29) is 48.1 Å². The van der Waals surface area contributed by atoms with Crippen LogP contribution in [0.15, 0.2) is 24.3 Å². The summed E-state index contributed by atoms with van der Waals surface area (Å²) in [5.74, 6) is -0.630. The fourth-order valence-corrected chi connectivity index (χ4v) is 5.10. The number of amides is 3. The zero-order chi connectivity index (χ0) is 22.1. The van der Waals surface area contributed by atoms with Crippen LogP contribution in [-0.2, 0) is 19.1 Å². The Bertz CT molecular complexity index is 878. The number of hydrogen-bond acceptors (Lipinski definition) is 5. The van der Waals surface area contributed by atoms with E-state index < -0.39 is 12.1 Å². The minimum absolute atomic E-state index is 0.0462. The normalized spacial score (nSPS) is 26.6. The molecule has 2 aliphatic heterocycles. The van der Waals surface area contributed by atoms with Gasteiger partial charge in [-0.3, -0.25) is 19.2 Å². The molecule has 1 saturated carbocycles. The molecule has 8 nitrogen and oxygen atoms in total. The fraction of sp³-hybridized carbons (Fsp3) is 0.565. The van der Waals surface area contributed by atoms with E-state index in [0.717, 1.165) is 25.7 Å². The van der Waals surface area contributed by atoms with E-state index in [1.807, 2.05) is 6.92 Å². The molecule has 166 valence electrons. The standard InChI is InChI=1S/C23H29N3O5/c1-13-11-26(20-18(28)12-31-21(13)20)23(30)19(15-5-3-4-6-15)25-22(29)16-7-9-17(10-8-16)24-14(2)27/h7-10,13,15,19-21H,3-6,11-12H2,1-2H3,(H,24,27)(H,25,29)/t13-,19+,20-,21-/m1/s1. The number of benzene rings is 1. The van der Waals surface area contributed by atoms with Gasteiger partial charge < -0.3 is 20.3 Å². The van der Waals surface area contributed by atoms with E-state index in [4.69, 9.17) is 4.74 Å². The highest BCUT2D eigenvalue weighted by Gasteiger charge is 2.52. The highest BCUT2D eigenvalue weighted by Crippen LogP contribution is 2.34. The lowest BCUT2D eigenvalue weighted by Gasteiger charge is -2.30. The van der Waals surface area contributed by atoms with Gasteiger partial charge >= 0.3 is 0 Å². The van der Waals surface area contributed by atoms with Crippen LogP contribution in [0.4, 0.5) is 5.69 Å². The molecule has 8 heteroatoms. The van der Waals surface area contributed by atoms with Gasteiger partial charge in [0.2, 0.25) is 11.8 Å². The largest absolute Gasteiger partial charge is 0.367 e. The van der Waals surface area contributed by atoms with Gasteiger partial charge in [0.05, 0.1) is 6.10 Å². The molecule has 3 amide bonds. The van der Waals surface area contributed by atoms with E-state index in [1.165, 1.54) is 6.92 Å². The highest BCUT2D eigenvalue weighted by atomic mass is 16.5. The molecule has 2 N–H and O–H groups in total. The third-order valence-corrected chi connectivity index (χ3v) is 6.61. The number of fused-ring (bicyclic) bond motifs is 1. The Labute approximate surface area is 181 Å². The van der Waals surface area contributed by atoms with Crippen molar-refractivity contribution in [1.29, 1.82) is 0 Å². The summed E-state index contributed by atoms with van der Waals surface area (Å²) in [6.07, 6.45) is 3.55. The predicted octanol–water partition coefficient (Wildman–Crippen LogP) is 1.75. The average Bonchev–Trinajstić information content (AvgIpc) is 3.46. The summed E-state index contributed by atoms with van der Waals surface area (Å²) in [5.41, 5.74) is 1.02. The number of Topliss-reactive ketones (excluding diaryl/α,β-unsaturated/α-hetero) is 1. The van der Waals surface area contributed by atoms with Crippen LogP contribution in [0.3, 0.4) is 0 Å². The number of nitrogens with zero attached hydrogens (tertiary/aromatic N) is 1. The maximum absolute atomic E-state index is 13.6. The molecule has 0 unspecified atom stereocenters. The number of hydrogen-bond donors (Lipinski definition) is 2. The molecule has 0 radical (unpaired) electrons. The van der Waals surface area contributed by atoms with E-state index in [9.17, 15) is 19.2 Å². The number of ketones is 1. The second kappa shape index (κ2) is 8.78. The van der Waals surface area contributed by atoms with Gasteiger partial charge in [0.1, 0.15) is 18.7 Å². The molecule has 0 spiro atoms. The first-order valence-corrected chi connectivity index (χ1v) is 11.0. The summed E-state index contributed by atoms with van der Waals surface area (Å²) in [5, 5.41) is 5.62. The second-order valence-corrected chi connectivity index (χ2v) is 8.91. The number of ether oxygens (including phenoxy) is 1. The van der Waals surface area contributed by atoms with Crippen molar-refractivity contribution < 1.29 is 23.9 Å². The summed E-state index contributed by atoms with van der Waals surface area (Å²) in [4.78, 5) is 51.7. The van der Waals surface area contributed by atoms with Crippen LogP contribution in [0, 0.1) is 11.8 Å². The molecule has 3 fully saturated rings. The monoisotopic (exact) mass is 427 g/mol. The molecule has 4 atom stereocenters. The zero-order valence-electron chi connectivity index (χ0n) is 17.9. The van der Waals surface area contributed by atoms with Crippen LogP contribution in [0.1, 0.15) is 49.9 Å². The van der Waals surface area contributed by atoms with Crippen LogP contribution in [0.25, 0.3) is 0 Å². The van der Waals surface area contributed by atoms with Crippen LogP contribution < -0.4 is 10.6 Å². The summed E-state index contributed by atoms with van der Waals surface area (Å²) >= 11 is 0. The Kier molecular flexibility index (Phi) is 6.09. The molecule has 4 rings (SSSR count). The van der Waals surface area contributed by atoms with Crippen molar-refractivity contribution in [2.75, 3.05) is 18.5 Å². The number of likely N-dealkylation sites (tertiary alicyclic amines) is 1. The smallest absolute Gasteiger partial charge is 0.251 e. The minimum Gasteiger partial charge on any atom is -0.367 e. The first-order chi connectivity index (χ1) is 14.8. The van der Waals surface area contributed by atoms with E-state index in [1.54, 1.807) is 29.2 Å². The molecule has 0 bridgehead atoms. The lowest BCUT2D eigenvalue weighted by Crippen LogP contribution is -2.54. The molecule has 2 heterocycles. The Morgan fingerprint density at radius 3 is 2.45 bits per heavy atom. The van der Waals surface area contributed by atoms with Crippen LogP contribution in [0.5, 0.6) is 0 Å². The van der Waals surface area contributed by atoms with Crippen LogP contribution >= 0.6 is 0 Å². The molecule has 1 aromatic rings. The summed E-state index contributed by atoms with van der Waals surface area (Å²) in [6.45, 7) is 3.92. The Balaban J connectivity index is 1.51. The summed E-state index contributed by atoms with van der Waals surface area (Å²) < 4.78 is 5.62. The number of anilines is 1. The van der Waals surface area contributed by atoms with Crippen molar-refractivity contribution in [3.8, 4) is 0 Å². The SMILES string of the molecule is CC(=O)Nc1ccc(C(=O)N[C@H](C(=O)N2C[C@@H](C)[C@H]3OCC(=O)[C@H]32)C2CCCC2)cc1. The van der Waals surface area contributed by atoms with Crippen LogP contribution in [0.2, 0.25) is 0 Å². The summed E-state index contributed by atoms with van der Waals surface area (Å²) in [6, 6.07) is 5.36. The Morgan fingerprint density at radius 2 is 1.81 bits per heavy atom. The lowest BCUT2D eigenvalue weighted by molar-refractivity contribution is -0.139. The number of nitrogens with one attached hydrogen (secondary N) is 2. The third-order valence-electron chi connectivity index (χ3n) is 6.61. The molecule has 0 aromatic heterocycles. The molecular formula is C23H29N3O5. The molecule has 31 heavy (non-hydrogen) atoms. The molecule has 1 aromatic carbocycles. The quantitative estimate of drug-likeness (QED) is 0.745. The predicted molar refractivity (Wildman–Crippen MR) is 113 cm³/mol. The topological polar surface area (TPSA) is 105 Å². The first kappa shape index (κ1) is 21.5. The molecular weight excluding hydrogens is 398 g/mol. The van der Waals surface area contributed by atoms with E-state index >= 15 is 0 Å². The van der Waals surface area contributed by atoms with Gasteiger partial charge in [-0.1, -0.05) is 19.8 Å². The fourth-order valence-electron chi connectivity index (χ4n) is 5.10. The van der Waals surface area contributed by atoms with Gasteiger partial charge in [0.15, 0.2) is 5.78 Å². The first-order valence-electron chi connectivity index (χ1n) is 11.0. The van der Waals surface area contributed by atoms with Gasteiger partial charge in [-0.15, -0.1) is 0 Å². The maximum Gasteiger partial charge on any atom is 0.251 e. The van der Waals surface area contributed by atoms with E-state index in [2.05, 4.69) is 10.6 Å². The molecule has 3 aliphatic rings. The van der Waals surface area contributed by atoms with Gasteiger partial charge in [0.25, 0.3) is 5.91 Å². The Morgan fingerprint density at radius 1 is 1.13 bits per heavy atom. The van der Waals surface area contributed by atoms with Crippen molar-refractivity contribution in [1.82, 2.24) is 10.2 Å². The van der Waals surface area contributed by atoms with E-state index in [0.29, 0.717) is 17.8 Å². The number of carbonyl (C=O) groups is 4. The second-order valence-electron chi connectivity index (χ2n) is 8.91. The lowest BCUT2D eigenvalue weighted by atomic mass is 9.95. The van der Waals surface area contributed by atoms with Gasteiger partial charge in [-0.25, -0.2) is 0 Å². The average molecular weight is 428 g/mol. The Hall–Kier alpha value is -2.74. The molecule has 2 saturated heterocycles. The van der Waals surface area contributed by atoms with Crippen molar-refractivity contribution in [3.05, 3.63) is 29.8 Å². The summed E-state index contributed by atoms with van der Waals surface area (Å²) in [7, 11) is 0. The van der Waals surface area contributed by atoms with Gasteiger partial charge in [-0.05, 0) is 43.0 Å². The minimum atomic E-state index is -0.663. The van der Waals surface area contributed by atoms with Crippen molar-refractivity contribution in [3.63, 3.8) is 0 Å². The number of rotatable bonds is 5. The zero-order valence-corrected chi connectivity index (χ0v) is 17.9. The number of carbonyl (C=O) groups excluding carboxylic acids is 4. The van der Waals surface area contributed by atoms with Gasteiger partial charge in [0, 0.05) is 30.6 Å². The van der Waals surface area contributed by atoms with Crippen LogP contribution in [-0.4, -0.2) is 59.7 Å². The van der Waals surface area contributed by atoms with Crippen molar-refractivity contribution in [2.24, 2.45) is 11.8 Å². The van der Waals surface area contributed by atoms with Crippen molar-refractivity contribution in [2.45, 2.75) is 57.7 Å². The highest BCUT2D eigenvalue weighted by molar-refractivity contribution is 6.00. The van der Waals surface area contributed by atoms with Crippen molar-refractivity contribution >= 4 is 29.2 Å². The van der Waals surface area contributed by atoms with Gasteiger partial charge in [-0.2, -0.15) is 0 Å². The maximum atomic E-state index is 13.6.